The molecule has 0 saturated carbocycles. The van der Waals surface area contributed by atoms with Crippen LogP contribution in [0.3, 0.4) is 0 Å². The fourth-order valence-electron chi connectivity index (χ4n) is 1.38. The van der Waals surface area contributed by atoms with Crippen LogP contribution in [0.5, 0.6) is 0 Å². The minimum atomic E-state index is 0. The Bertz CT molecular complexity index is 301. The van der Waals surface area contributed by atoms with Crippen LogP contribution in [0, 0.1) is 0 Å². The van der Waals surface area contributed by atoms with Gasteiger partial charge in [0.25, 0.3) is 0 Å². The molecule has 16 heavy (non-hydrogen) atoms. The van der Waals surface area contributed by atoms with Gasteiger partial charge in [0.2, 0.25) is 5.91 Å². The third-order valence-corrected chi connectivity index (χ3v) is 3.04. The fourth-order valence-corrected chi connectivity index (χ4v) is 2.08. The third kappa shape index (κ3) is 4.51. The third-order valence-electron chi connectivity index (χ3n) is 2.18. The zero-order chi connectivity index (χ0) is 11.3. The summed E-state index contributed by atoms with van der Waals surface area (Å²) in [5.41, 5.74) is 0. The molecule has 0 atom stereocenters. The maximum Gasteiger partial charge on any atom is 0.237 e. The fraction of sp³-hybridized carbons (Fsp3) is 0.545. The van der Waals surface area contributed by atoms with Crippen molar-refractivity contribution in [2.75, 3.05) is 13.6 Å². The number of carbonyl (C=O) groups is 1. The van der Waals surface area contributed by atoms with Gasteiger partial charge in [0.1, 0.15) is 0 Å². The molecule has 92 valence electrons. The molecule has 0 radical (unpaired) electrons. The summed E-state index contributed by atoms with van der Waals surface area (Å²) in [5.74, 6) is 0.154. The molecule has 0 aliphatic heterocycles. The molecule has 0 unspecified atom stereocenters. The largest absolute Gasteiger partial charge is 0.334 e. The van der Waals surface area contributed by atoms with E-state index in [-0.39, 0.29) is 24.4 Å². The molecule has 0 spiro atoms. The number of thiophene rings is 1. The average Bonchev–Trinajstić information content (AvgIpc) is 2.66. The number of nitrogens with one attached hydrogen (secondary N) is 1. The van der Waals surface area contributed by atoms with Crippen LogP contribution in [0.15, 0.2) is 17.5 Å². The highest BCUT2D eigenvalue weighted by molar-refractivity contribution is 7.09. The molecule has 0 fully saturated rings. The first kappa shape index (κ1) is 15.4. The van der Waals surface area contributed by atoms with Crippen molar-refractivity contribution in [3.05, 3.63) is 22.4 Å². The highest BCUT2D eigenvalue weighted by Crippen LogP contribution is 2.13. The summed E-state index contributed by atoms with van der Waals surface area (Å²) < 4.78 is 0. The van der Waals surface area contributed by atoms with Gasteiger partial charge in [-0.3, -0.25) is 4.79 Å². The topological polar surface area (TPSA) is 32.3 Å². The second-order valence-electron chi connectivity index (χ2n) is 3.73. The van der Waals surface area contributed by atoms with Gasteiger partial charge in [-0.1, -0.05) is 6.07 Å². The molecular weight excluding hydrogens is 244 g/mol. The van der Waals surface area contributed by atoms with E-state index in [1.807, 2.05) is 30.2 Å². The number of hydrogen-bond donors (Lipinski definition) is 1. The maximum absolute atomic E-state index is 11.8. The van der Waals surface area contributed by atoms with Crippen LogP contribution in [0.25, 0.3) is 0 Å². The number of halogens is 1. The van der Waals surface area contributed by atoms with Crippen molar-refractivity contribution in [2.45, 2.75) is 26.4 Å². The zero-order valence-electron chi connectivity index (χ0n) is 9.90. The van der Waals surface area contributed by atoms with Crippen molar-refractivity contribution in [3.8, 4) is 0 Å². The lowest BCUT2D eigenvalue weighted by Gasteiger charge is -2.26. The first-order valence-corrected chi connectivity index (χ1v) is 5.99. The molecule has 1 aromatic heterocycles. The van der Waals surface area contributed by atoms with Gasteiger partial charge in [0.05, 0.1) is 13.1 Å². The smallest absolute Gasteiger partial charge is 0.237 e. The average molecular weight is 263 g/mol. The Labute approximate surface area is 107 Å². The predicted octanol–water partition coefficient (Wildman–Crippen LogP) is 2.13. The summed E-state index contributed by atoms with van der Waals surface area (Å²) in [5, 5.41) is 4.93. The molecule has 0 aromatic carbocycles. The summed E-state index contributed by atoms with van der Waals surface area (Å²) in [4.78, 5) is 14.9. The lowest BCUT2D eigenvalue weighted by molar-refractivity contribution is -0.132. The van der Waals surface area contributed by atoms with Crippen molar-refractivity contribution in [3.63, 3.8) is 0 Å². The van der Waals surface area contributed by atoms with E-state index in [1.165, 1.54) is 4.88 Å². The number of likely N-dealkylation sites (N-methyl/N-ethyl adjacent to an activating group) is 1. The molecule has 5 heteroatoms. The van der Waals surface area contributed by atoms with Gasteiger partial charge >= 0.3 is 0 Å². The van der Waals surface area contributed by atoms with E-state index in [1.54, 1.807) is 18.4 Å². The molecule has 1 heterocycles. The normalized spacial score (nSPS) is 10.0. The Hall–Kier alpha value is -0.580. The number of amides is 1. The Balaban J connectivity index is 0.00000225. The SMILES string of the molecule is CNCC(=O)N(Cc1cccs1)C(C)C.Cl. The van der Waals surface area contributed by atoms with Gasteiger partial charge in [-0.25, -0.2) is 0 Å². The first-order valence-electron chi connectivity index (χ1n) is 5.11. The van der Waals surface area contributed by atoms with E-state index in [0.29, 0.717) is 6.54 Å². The number of rotatable bonds is 5. The lowest BCUT2D eigenvalue weighted by Crippen LogP contribution is -2.40. The van der Waals surface area contributed by atoms with Crippen molar-refractivity contribution < 1.29 is 4.79 Å². The Morgan fingerprint density at radius 3 is 2.69 bits per heavy atom. The van der Waals surface area contributed by atoms with Crippen LogP contribution in [0.4, 0.5) is 0 Å². The van der Waals surface area contributed by atoms with Gasteiger partial charge in [0.15, 0.2) is 0 Å². The second-order valence-corrected chi connectivity index (χ2v) is 4.76. The van der Waals surface area contributed by atoms with Crippen LogP contribution < -0.4 is 5.32 Å². The monoisotopic (exact) mass is 262 g/mol. The standard InChI is InChI=1S/C11H18N2OS.ClH/c1-9(2)13(11(14)7-12-3)8-10-5-4-6-15-10;/h4-6,9,12H,7-8H2,1-3H3;1H. The summed E-state index contributed by atoms with van der Waals surface area (Å²) >= 11 is 1.69. The summed E-state index contributed by atoms with van der Waals surface area (Å²) in [7, 11) is 1.79. The Kier molecular flexibility index (Phi) is 7.38. The van der Waals surface area contributed by atoms with Crippen molar-refractivity contribution in [1.29, 1.82) is 0 Å². The predicted molar refractivity (Wildman–Crippen MR) is 71.2 cm³/mol. The van der Waals surface area contributed by atoms with Gasteiger partial charge in [-0.15, -0.1) is 23.7 Å². The quantitative estimate of drug-likeness (QED) is 0.882. The summed E-state index contributed by atoms with van der Waals surface area (Å²) in [6.45, 7) is 5.21. The van der Waals surface area contributed by atoms with Crippen LogP contribution >= 0.6 is 23.7 Å². The molecule has 0 aliphatic carbocycles. The number of hydrogen-bond acceptors (Lipinski definition) is 3. The minimum absolute atomic E-state index is 0. The summed E-state index contributed by atoms with van der Waals surface area (Å²) in [6.07, 6.45) is 0. The molecule has 0 aliphatic rings. The van der Waals surface area contributed by atoms with E-state index < -0.39 is 0 Å². The molecule has 1 N–H and O–H groups in total. The van der Waals surface area contributed by atoms with Crippen LogP contribution in [0.1, 0.15) is 18.7 Å². The van der Waals surface area contributed by atoms with Gasteiger partial charge < -0.3 is 10.2 Å². The van der Waals surface area contributed by atoms with E-state index in [2.05, 4.69) is 11.4 Å². The molecule has 1 rings (SSSR count). The highest BCUT2D eigenvalue weighted by atomic mass is 35.5. The lowest BCUT2D eigenvalue weighted by atomic mass is 10.3. The van der Waals surface area contributed by atoms with Crippen LogP contribution in [-0.4, -0.2) is 30.4 Å². The number of nitrogens with zero attached hydrogens (tertiary/aromatic N) is 1. The van der Waals surface area contributed by atoms with E-state index in [4.69, 9.17) is 0 Å². The molecule has 1 aromatic rings. The summed E-state index contributed by atoms with van der Waals surface area (Å²) in [6, 6.07) is 4.32. The molecule has 1 amide bonds. The molecular formula is C11H19ClN2OS. The van der Waals surface area contributed by atoms with Crippen molar-refractivity contribution >= 4 is 29.7 Å². The molecule has 3 nitrogen and oxygen atoms in total. The van der Waals surface area contributed by atoms with Crippen molar-refractivity contribution in [2.24, 2.45) is 0 Å². The second kappa shape index (κ2) is 7.65. The van der Waals surface area contributed by atoms with Gasteiger partial charge in [0, 0.05) is 10.9 Å². The van der Waals surface area contributed by atoms with Gasteiger partial charge in [-0.05, 0) is 32.3 Å². The Morgan fingerprint density at radius 2 is 2.25 bits per heavy atom. The highest BCUT2D eigenvalue weighted by Gasteiger charge is 2.16. The van der Waals surface area contributed by atoms with E-state index in [0.717, 1.165) is 6.54 Å². The minimum Gasteiger partial charge on any atom is -0.334 e. The number of carbonyl (C=O) groups excluding carboxylic acids is 1. The van der Waals surface area contributed by atoms with Crippen LogP contribution in [0.2, 0.25) is 0 Å². The van der Waals surface area contributed by atoms with E-state index in [9.17, 15) is 4.79 Å². The van der Waals surface area contributed by atoms with Gasteiger partial charge in [-0.2, -0.15) is 0 Å². The molecule has 0 bridgehead atoms. The van der Waals surface area contributed by atoms with Crippen LogP contribution in [-0.2, 0) is 11.3 Å². The van der Waals surface area contributed by atoms with E-state index >= 15 is 0 Å². The van der Waals surface area contributed by atoms with Crippen molar-refractivity contribution in [1.82, 2.24) is 10.2 Å². The maximum atomic E-state index is 11.8. The zero-order valence-corrected chi connectivity index (χ0v) is 11.5. The first-order chi connectivity index (χ1) is 7.15. The molecule has 0 saturated heterocycles. The Morgan fingerprint density at radius 1 is 1.56 bits per heavy atom.